The van der Waals surface area contributed by atoms with Crippen molar-refractivity contribution in [3.8, 4) is 0 Å². The Bertz CT molecular complexity index is 426. The summed E-state index contributed by atoms with van der Waals surface area (Å²) in [6.45, 7) is 7.33. The zero-order chi connectivity index (χ0) is 14.8. The Kier molecular flexibility index (Phi) is 4.84. The highest BCUT2D eigenvalue weighted by Crippen LogP contribution is 2.29. The van der Waals surface area contributed by atoms with Crippen molar-refractivity contribution in [2.75, 3.05) is 6.26 Å². The summed E-state index contributed by atoms with van der Waals surface area (Å²) in [7, 11) is -3.46. The van der Waals surface area contributed by atoms with Crippen molar-refractivity contribution in [2.24, 2.45) is 5.92 Å². The molecule has 1 N–H and O–H groups in total. The van der Waals surface area contributed by atoms with E-state index in [2.05, 4.69) is 5.32 Å². The normalized spacial score (nSPS) is 28.2. The van der Waals surface area contributed by atoms with Gasteiger partial charge in [0.15, 0.2) is 0 Å². The molecule has 0 heterocycles. The number of hydrogen-bond acceptors (Lipinski definition) is 5. The lowest BCUT2D eigenvalue weighted by atomic mass is 10.1. The van der Waals surface area contributed by atoms with Crippen LogP contribution in [0.15, 0.2) is 0 Å². The van der Waals surface area contributed by atoms with Crippen LogP contribution in [0, 0.1) is 5.92 Å². The van der Waals surface area contributed by atoms with E-state index in [1.807, 2.05) is 6.92 Å². The minimum atomic E-state index is -3.46. The second kappa shape index (κ2) is 5.66. The molecule has 19 heavy (non-hydrogen) atoms. The molecule has 0 bridgehead atoms. The van der Waals surface area contributed by atoms with Crippen LogP contribution >= 0.6 is 0 Å². The minimum Gasteiger partial charge on any atom is -0.444 e. The van der Waals surface area contributed by atoms with Crippen molar-refractivity contribution in [3.05, 3.63) is 0 Å². The predicted octanol–water partition coefficient (Wildman–Crippen LogP) is 1.65. The highest BCUT2D eigenvalue weighted by Gasteiger charge is 2.35. The molecule has 0 aliphatic heterocycles. The van der Waals surface area contributed by atoms with Crippen LogP contribution in [-0.4, -0.2) is 38.5 Å². The van der Waals surface area contributed by atoms with Gasteiger partial charge in [0.25, 0.3) is 10.1 Å². The van der Waals surface area contributed by atoms with E-state index in [9.17, 15) is 13.2 Å². The van der Waals surface area contributed by atoms with E-state index in [4.69, 9.17) is 8.92 Å². The molecule has 3 atom stereocenters. The summed E-state index contributed by atoms with van der Waals surface area (Å²) in [5.41, 5.74) is -0.547. The van der Waals surface area contributed by atoms with Crippen LogP contribution in [-0.2, 0) is 19.0 Å². The van der Waals surface area contributed by atoms with Gasteiger partial charge in [0.1, 0.15) is 5.60 Å². The minimum absolute atomic E-state index is 0.124. The largest absolute Gasteiger partial charge is 0.444 e. The molecule has 0 radical (unpaired) electrons. The molecule has 112 valence electrons. The number of hydrogen-bond donors (Lipinski definition) is 1. The Morgan fingerprint density at radius 2 is 1.84 bits per heavy atom. The zero-order valence-corrected chi connectivity index (χ0v) is 12.9. The molecule has 1 fully saturated rings. The highest BCUT2D eigenvalue weighted by atomic mass is 32.2. The van der Waals surface area contributed by atoms with Gasteiger partial charge in [-0.1, -0.05) is 6.92 Å². The first-order valence-corrected chi connectivity index (χ1v) is 8.16. The maximum atomic E-state index is 11.7. The van der Waals surface area contributed by atoms with E-state index >= 15 is 0 Å². The average molecular weight is 293 g/mol. The molecule has 1 amide bonds. The molecule has 1 saturated carbocycles. The molecule has 6 nitrogen and oxygen atoms in total. The van der Waals surface area contributed by atoms with E-state index in [0.29, 0.717) is 12.8 Å². The first-order chi connectivity index (χ1) is 8.46. The summed E-state index contributed by atoms with van der Waals surface area (Å²) >= 11 is 0. The van der Waals surface area contributed by atoms with Gasteiger partial charge in [0.2, 0.25) is 0 Å². The molecule has 7 heteroatoms. The van der Waals surface area contributed by atoms with Gasteiger partial charge in [-0.3, -0.25) is 4.18 Å². The van der Waals surface area contributed by atoms with Gasteiger partial charge in [-0.15, -0.1) is 0 Å². The Hall–Kier alpha value is -0.820. The lowest BCUT2D eigenvalue weighted by Gasteiger charge is -2.23. The Morgan fingerprint density at radius 1 is 1.26 bits per heavy atom. The lowest BCUT2D eigenvalue weighted by Crippen LogP contribution is -2.40. The lowest BCUT2D eigenvalue weighted by molar-refractivity contribution is 0.0493. The van der Waals surface area contributed by atoms with E-state index in [1.54, 1.807) is 20.8 Å². The average Bonchev–Trinajstić information content (AvgIpc) is 2.39. The Balaban J connectivity index is 2.50. The summed E-state index contributed by atoms with van der Waals surface area (Å²) in [6, 6.07) is -0.124. The van der Waals surface area contributed by atoms with Gasteiger partial charge in [0, 0.05) is 6.04 Å². The number of ether oxygens (including phenoxy) is 1. The van der Waals surface area contributed by atoms with Crippen molar-refractivity contribution in [3.63, 3.8) is 0 Å². The number of alkyl carbamates (subject to hydrolysis) is 1. The number of amides is 1. The van der Waals surface area contributed by atoms with E-state index in [0.717, 1.165) is 6.26 Å². The van der Waals surface area contributed by atoms with Crippen molar-refractivity contribution < 1.29 is 22.1 Å². The monoisotopic (exact) mass is 293 g/mol. The molecule has 0 aromatic heterocycles. The maximum Gasteiger partial charge on any atom is 0.407 e. The summed E-state index contributed by atoms with van der Waals surface area (Å²) < 4.78 is 32.3. The molecule has 0 aromatic rings. The fraction of sp³-hybridized carbons (Fsp3) is 0.917. The molecule has 1 aliphatic rings. The van der Waals surface area contributed by atoms with Crippen LogP contribution < -0.4 is 5.32 Å². The fourth-order valence-corrected chi connectivity index (χ4v) is 2.83. The number of carbonyl (C=O) groups is 1. The summed E-state index contributed by atoms with van der Waals surface area (Å²) in [5.74, 6) is 0.152. The van der Waals surface area contributed by atoms with Gasteiger partial charge in [-0.25, -0.2) is 4.79 Å². The molecule has 3 unspecified atom stereocenters. The summed E-state index contributed by atoms with van der Waals surface area (Å²) in [5, 5.41) is 2.76. The van der Waals surface area contributed by atoms with Crippen LogP contribution in [0.1, 0.15) is 40.5 Å². The maximum absolute atomic E-state index is 11.7. The smallest absolute Gasteiger partial charge is 0.407 e. The molecule has 0 spiro atoms. The zero-order valence-electron chi connectivity index (χ0n) is 12.1. The standard InChI is InChI=1S/C12H23NO5S/c1-8-6-9(18-19(5,15)16)7-10(8)13-11(14)17-12(2,3)4/h8-10H,6-7H2,1-5H3,(H,13,14). The molecule has 0 saturated heterocycles. The van der Waals surface area contributed by atoms with E-state index < -0.39 is 21.8 Å². The number of carbonyl (C=O) groups excluding carboxylic acids is 1. The van der Waals surface area contributed by atoms with Gasteiger partial charge >= 0.3 is 6.09 Å². The number of nitrogens with one attached hydrogen (secondary N) is 1. The van der Waals surface area contributed by atoms with Crippen LogP contribution in [0.4, 0.5) is 4.79 Å². The molecular formula is C12H23NO5S. The molecular weight excluding hydrogens is 270 g/mol. The van der Waals surface area contributed by atoms with Gasteiger partial charge in [-0.05, 0) is 39.5 Å². The van der Waals surface area contributed by atoms with Crippen molar-refractivity contribution >= 4 is 16.2 Å². The Labute approximate surface area is 115 Å². The highest BCUT2D eigenvalue weighted by molar-refractivity contribution is 7.86. The van der Waals surface area contributed by atoms with Crippen LogP contribution in [0.3, 0.4) is 0 Å². The third-order valence-electron chi connectivity index (χ3n) is 2.85. The molecule has 1 rings (SSSR count). The van der Waals surface area contributed by atoms with Gasteiger partial charge in [-0.2, -0.15) is 8.42 Å². The summed E-state index contributed by atoms with van der Waals surface area (Å²) in [4.78, 5) is 11.7. The SMILES string of the molecule is CC1CC(OS(C)(=O)=O)CC1NC(=O)OC(C)(C)C. The first-order valence-electron chi connectivity index (χ1n) is 6.34. The fourth-order valence-electron chi connectivity index (χ4n) is 2.18. The van der Waals surface area contributed by atoms with Crippen LogP contribution in [0.25, 0.3) is 0 Å². The number of rotatable bonds is 3. The second-order valence-electron chi connectivity index (χ2n) is 6.12. The van der Waals surface area contributed by atoms with Crippen LogP contribution in [0.2, 0.25) is 0 Å². The van der Waals surface area contributed by atoms with Crippen molar-refractivity contribution in [1.82, 2.24) is 5.32 Å². The van der Waals surface area contributed by atoms with E-state index in [-0.39, 0.29) is 18.1 Å². The van der Waals surface area contributed by atoms with Crippen LogP contribution in [0.5, 0.6) is 0 Å². The van der Waals surface area contributed by atoms with E-state index in [1.165, 1.54) is 0 Å². The predicted molar refractivity (Wildman–Crippen MR) is 71.3 cm³/mol. The molecule has 1 aliphatic carbocycles. The van der Waals surface area contributed by atoms with Gasteiger partial charge in [0.05, 0.1) is 12.4 Å². The summed E-state index contributed by atoms with van der Waals surface area (Å²) in [6.07, 6.45) is 1.27. The topological polar surface area (TPSA) is 81.7 Å². The molecule has 0 aromatic carbocycles. The third-order valence-corrected chi connectivity index (χ3v) is 3.47. The first kappa shape index (κ1) is 16.2. The van der Waals surface area contributed by atoms with Gasteiger partial charge < -0.3 is 10.1 Å². The van der Waals surface area contributed by atoms with Crippen molar-refractivity contribution in [1.29, 1.82) is 0 Å². The quantitative estimate of drug-likeness (QED) is 0.800. The van der Waals surface area contributed by atoms with Crippen molar-refractivity contribution in [2.45, 2.75) is 58.3 Å². The Morgan fingerprint density at radius 3 is 2.32 bits per heavy atom. The third kappa shape index (κ3) is 6.24. The second-order valence-corrected chi connectivity index (χ2v) is 7.72.